The largest absolute Gasteiger partial charge is 0.493 e. The molecule has 23 heavy (non-hydrogen) atoms. The van der Waals surface area contributed by atoms with E-state index in [2.05, 4.69) is 13.8 Å². The van der Waals surface area contributed by atoms with Gasteiger partial charge < -0.3 is 9.84 Å². The van der Waals surface area contributed by atoms with Crippen molar-refractivity contribution in [1.82, 2.24) is 0 Å². The molecule has 3 nitrogen and oxygen atoms in total. The molecule has 0 fully saturated rings. The molecule has 120 valence electrons. The fraction of sp³-hybridized carbons (Fsp3) is 0.211. The molecule has 0 aliphatic carbocycles. The first-order chi connectivity index (χ1) is 11.0. The van der Waals surface area contributed by atoms with Crippen LogP contribution < -0.4 is 4.74 Å². The number of hydrogen-bond acceptors (Lipinski definition) is 2. The highest BCUT2D eigenvalue weighted by molar-refractivity contribution is 6.30. The van der Waals surface area contributed by atoms with Crippen LogP contribution in [0.5, 0.6) is 5.75 Å². The van der Waals surface area contributed by atoms with E-state index in [-0.39, 0.29) is 5.57 Å². The summed E-state index contributed by atoms with van der Waals surface area (Å²) in [4.78, 5) is 11.6. The van der Waals surface area contributed by atoms with Crippen molar-refractivity contribution in [3.8, 4) is 5.75 Å². The second-order valence-electron chi connectivity index (χ2n) is 5.65. The lowest BCUT2D eigenvalue weighted by Gasteiger charge is -2.09. The number of carbonyl (C=O) groups is 1. The van der Waals surface area contributed by atoms with Gasteiger partial charge in [0.15, 0.2) is 0 Å². The fourth-order valence-corrected chi connectivity index (χ4v) is 2.15. The number of hydrogen-bond donors (Lipinski definition) is 1. The third kappa shape index (κ3) is 5.15. The third-order valence-corrected chi connectivity index (χ3v) is 3.39. The van der Waals surface area contributed by atoms with E-state index in [9.17, 15) is 9.90 Å². The highest BCUT2D eigenvalue weighted by atomic mass is 35.5. The van der Waals surface area contributed by atoms with Crippen LogP contribution in [0.15, 0.2) is 48.5 Å². The number of benzene rings is 2. The monoisotopic (exact) mass is 330 g/mol. The van der Waals surface area contributed by atoms with Crippen molar-refractivity contribution in [3.63, 3.8) is 0 Å². The molecule has 0 amide bonds. The van der Waals surface area contributed by atoms with Crippen molar-refractivity contribution in [2.75, 3.05) is 6.61 Å². The van der Waals surface area contributed by atoms with Crippen LogP contribution in [-0.4, -0.2) is 17.7 Å². The zero-order valence-electron chi connectivity index (χ0n) is 13.1. The van der Waals surface area contributed by atoms with Gasteiger partial charge in [-0.1, -0.05) is 49.7 Å². The van der Waals surface area contributed by atoms with E-state index in [1.165, 1.54) is 0 Å². The minimum atomic E-state index is -0.985. The van der Waals surface area contributed by atoms with Gasteiger partial charge in [-0.15, -0.1) is 0 Å². The summed E-state index contributed by atoms with van der Waals surface area (Å²) in [5, 5.41) is 10.0. The lowest BCUT2D eigenvalue weighted by atomic mass is 10.0. The quantitative estimate of drug-likeness (QED) is 0.599. The first-order valence-electron chi connectivity index (χ1n) is 7.39. The summed E-state index contributed by atoms with van der Waals surface area (Å²) in [6.45, 7) is 4.77. The predicted molar refractivity (Wildman–Crippen MR) is 93.7 cm³/mol. The second kappa shape index (κ2) is 7.84. The molecule has 2 rings (SSSR count). The average Bonchev–Trinajstić information content (AvgIpc) is 2.52. The summed E-state index contributed by atoms with van der Waals surface area (Å²) >= 11 is 5.85. The van der Waals surface area contributed by atoms with E-state index in [0.29, 0.717) is 23.1 Å². The molecule has 0 radical (unpaired) electrons. The van der Waals surface area contributed by atoms with Gasteiger partial charge in [0.05, 0.1) is 12.2 Å². The Kier molecular flexibility index (Phi) is 5.83. The molecule has 0 aromatic heterocycles. The summed E-state index contributed by atoms with van der Waals surface area (Å²) < 4.78 is 5.68. The van der Waals surface area contributed by atoms with E-state index in [4.69, 9.17) is 16.3 Å². The number of carboxylic acids is 1. The Morgan fingerprint density at radius 1 is 1.22 bits per heavy atom. The van der Waals surface area contributed by atoms with Gasteiger partial charge in [-0.2, -0.15) is 0 Å². The van der Waals surface area contributed by atoms with E-state index < -0.39 is 5.97 Å². The molecule has 0 atom stereocenters. The third-order valence-electron chi connectivity index (χ3n) is 3.14. The van der Waals surface area contributed by atoms with Gasteiger partial charge >= 0.3 is 5.97 Å². The van der Waals surface area contributed by atoms with Crippen molar-refractivity contribution in [1.29, 1.82) is 0 Å². The lowest BCUT2D eigenvalue weighted by Crippen LogP contribution is -2.04. The zero-order chi connectivity index (χ0) is 16.8. The predicted octanol–water partition coefficient (Wildman–Crippen LogP) is 5.00. The smallest absolute Gasteiger partial charge is 0.336 e. The van der Waals surface area contributed by atoms with Crippen LogP contribution in [0.4, 0.5) is 0 Å². The van der Waals surface area contributed by atoms with Gasteiger partial charge in [0.1, 0.15) is 5.75 Å². The van der Waals surface area contributed by atoms with Gasteiger partial charge in [-0.3, -0.25) is 0 Å². The molecule has 0 aliphatic heterocycles. The Labute approximate surface area is 141 Å². The molecule has 2 aromatic carbocycles. The van der Waals surface area contributed by atoms with Crippen molar-refractivity contribution in [3.05, 3.63) is 64.7 Å². The summed E-state index contributed by atoms with van der Waals surface area (Å²) in [7, 11) is 0. The Bertz CT molecular complexity index is 703. The number of aliphatic carboxylic acids is 1. The van der Waals surface area contributed by atoms with E-state index >= 15 is 0 Å². The maximum Gasteiger partial charge on any atom is 0.336 e. The fourth-order valence-electron chi connectivity index (χ4n) is 2.02. The van der Waals surface area contributed by atoms with Gasteiger partial charge in [-0.05, 0) is 47.4 Å². The maximum absolute atomic E-state index is 11.6. The molecule has 0 aliphatic rings. The molecule has 0 saturated heterocycles. The molecule has 0 heterocycles. The summed E-state index contributed by atoms with van der Waals surface area (Å²) in [6, 6.07) is 14.1. The first kappa shape index (κ1) is 17.1. The topological polar surface area (TPSA) is 46.5 Å². The SMILES string of the molecule is CC(C)COc1cccc(/C=C(\C(=O)O)c2ccc(Cl)cc2)c1. The molecule has 1 N–H and O–H groups in total. The summed E-state index contributed by atoms with van der Waals surface area (Å²) in [5.41, 5.74) is 1.59. The molecule has 4 heteroatoms. The van der Waals surface area contributed by atoms with Gasteiger partial charge in [0.2, 0.25) is 0 Å². The van der Waals surface area contributed by atoms with Gasteiger partial charge in [0, 0.05) is 5.02 Å². The van der Waals surface area contributed by atoms with Crippen molar-refractivity contribution < 1.29 is 14.6 Å². The molecule has 0 saturated carbocycles. The number of ether oxygens (including phenoxy) is 1. The summed E-state index contributed by atoms with van der Waals surface area (Å²) in [6.07, 6.45) is 1.63. The molecular formula is C19H19ClO3. The number of halogens is 1. The number of carboxylic acid groups (broad SMARTS) is 1. The van der Waals surface area contributed by atoms with E-state index in [0.717, 1.165) is 11.3 Å². The Balaban J connectivity index is 2.30. The van der Waals surface area contributed by atoms with Crippen LogP contribution in [0.3, 0.4) is 0 Å². The highest BCUT2D eigenvalue weighted by Crippen LogP contribution is 2.23. The second-order valence-corrected chi connectivity index (χ2v) is 6.08. The normalized spacial score (nSPS) is 11.6. The van der Waals surface area contributed by atoms with Crippen molar-refractivity contribution >= 4 is 29.2 Å². The van der Waals surface area contributed by atoms with E-state index in [1.807, 2.05) is 24.3 Å². The molecule has 0 unspecified atom stereocenters. The first-order valence-corrected chi connectivity index (χ1v) is 7.77. The van der Waals surface area contributed by atoms with Gasteiger partial charge in [0.25, 0.3) is 0 Å². The molecular weight excluding hydrogens is 312 g/mol. The Morgan fingerprint density at radius 2 is 1.91 bits per heavy atom. The number of rotatable bonds is 6. The maximum atomic E-state index is 11.6. The van der Waals surface area contributed by atoms with Crippen LogP contribution in [0.1, 0.15) is 25.0 Å². The van der Waals surface area contributed by atoms with Crippen LogP contribution in [0, 0.1) is 5.92 Å². The highest BCUT2D eigenvalue weighted by Gasteiger charge is 2.10. The van der Waals surface area contributed by atoms with Crippen LogP contribution in [-0.2, 0) is 4.79 Å². The van der Waals surface area contributed by atoms with Crippen molar-refractivity contribution in [2.24, 2.45) is 5.92 Å². The van der Waals surface area contributed by atoms with Gasteiger partial charge in [-0.25, -0.2) is 4.79 Å². The Morgan fingerprint density at radius 3 is 2.52 bits per heavy atom. The van der Waals surface area contributed by atoms with Crippen molar-refractivity contribution in [2.45, 2.75) is 13.8 Å². The van der Waals surface area contributed by atoms with Crippen LogP contribution in [0.25, 0.3) is 11.6 Å². The molecule has 2 aromatic rings. The zero-order valence-corrected chi connectivity index (χ0v) is 13.9. The van der Waals surface area contributed by atoms with Crippen LogP contribution >= 0.6 is 11.6 Å². The standard InChI is InChI=1S/C19H19ClO3/c1-13(2)12-23-17-5-3-4-14(10-17)11-18(19(21)22)15-6-8-16(20)9-7-15/h3-11,13H,12H2,1-2H3,(H,21,22)/b18-11-. The Hall–Kier alpha value is -2.26. The van der Waals surface area contributed by atoms with Crippen LogP contribution in [0.2, 0.25) is 5.02 Å². The summed E-state index contributed by atoms with van der Waals surface area (Å²) in [5.74, 6) is 0.173. The lowest BCUT2D eigenvalue weighted by molar-refractivity contribution is -0.130. The minimum absolute atomic E-state index is 0.211. The average molecular weight is 331 g/mol. The molecule has 0 bridgehead atoms. The molecule has 0 spiro atoms. The van der Waals surface area contributed by atoms with E-state index in [1.54, 1.807) is 30.3 Å². The minimum Gasteiger partial charge on any atom is -0.493 e.